The van der Waals surface area contributed by atoms with Crippen LogP contribution in [0.25, 0.3) is 20.7 Å². The number of nitrogens with two attached hydrogens (primary N) is 3. The van der Waals surface area contributed by atoms with E-state index in [-0.39, 0.29) is 4.90 Å². The molecule has 0 aliphatic heterocycles. The summed E-state index contributed by atoms with van der Waals surface area (Å²) >= 11 is 1.32. The van der Waals surface area contributed by atoms with Gasteiger partial charge in [-0.2, -0.15) is 0 Å². The Kier molecular flexibility index (Phi) is 5.27. The first-order valence-corrected chi connectivity index (χ1v) is 10.2. The van der Waals surface area contributed by atoms with Crippen LogP contribution in [0.4, 0.5) is 5.82 Å². The lowest BCUT2D eigenvalue weighted by Gasteiger charge is -2.11. The molecule has 0 radical (unpaired) electrons. The molecule has 0 aliphatic carbocycles. The fourth-order valence-electron chi connectivity index (χ4n) is 2.41. The number of fused-ring (bicyclic) bond motifs is 1. The van der Waals surface area contributed by atoms with Gasteiger partial charge in [0.15, 0.2) is 0 Å². The molecule has 3 aromatic rings. The van der Waals surface area contributed by atoms with Crippen molar-refractivity contribution in [2.45, 2.75) is 17.4 Å². The number of carbonyl (C=O) groups is 2. The van der Waals surface area contributed by atoms with Crippen LogP contribution in [0.2, 0.25) is 0 Å². The molecule has 0 fully saturated rings. The summed E-state index contributed by atoms with van der Waals surface area (Å²) in [5.74, 6) is -1.50. The number of nitrogen functional groups attached to an aromatic ring is 1. The van der Waals surface area contributed by atoms with Crippen molar-refractivity contribution in [3.05, 3.63) is 36.7 Å². The van der Waals surface area contributed by atoms with Gasteiger partial charge in [-0.1, -0.05) is 12.1 Å². The maximum absolute atomic E-state index is 12.5. The molecular weight excluding hydrogens is 404 g/mol. The van der Waals surface area contributed by atoms with E-state index in [0.717, 1.165) is 4.88 Å². The number of sulfonamides is 1. The van der Waals surface area contributed by atoms with Gasteiger partial charge < -0.3 is 17.2 Å². The molecule has 10 nitrogen and oxygen atoms in total. The first-order chi connectivity index (χ1) is 13.2. The van der Waals surface area contributed by atoms with Crippen molar-refractivity contribution in [3.63, 3.8) is 0 Å². The summed E-state index contributed by atoms with van der Waals surface area (Å²) in [6, 6.07) is 6.40. The van der Waals surface area contributed by atoms with Crippen molar-refractivity contribution in [1.82, 2.24) is 14.7 Å². The number of thiophene rings is 1. The van der Waals surface area contributed by atoms with E-state index >= 15 is 0 Å². The van der Waals surface area contributed by atoms with Crippen molar-refractivity contribution in [1.29, 1.82) is 0 Å². The average molecular weight is 420 g/mol. The summed E-state index contributed by atoms with van der Waals surface area (Å²) in [6.45, 7) is 0. The van der Waals surface area contributed by atoms with Crippen LogP contribution in [-0.2, 0) is 19.6 Å². The molecule has 28 heavy (non-hydrogen) atoms. The third kappa shape index (κ3) is 4.08. The third-order valence-corrected chi connectivity index (χ3v) is 6.30. The second-order valence-corrected chi connectivity index (χ2v) is 8.59. The fourth-order valence-corrected chi connectivity index (χ4v) is 4.49. The lowest BCUT2D eigenvalue weighted by atomic mass is 10.2. The van der Waals surface area contributed by atoms with Gasteiger partial charge in [0.25, 0.3) is 15.9 Å². The predicted molar refractivity (Wildman–Crippen MR) is 104 cm³/mol. The summed E-state index contributed by atoms with van der Waals surface area (Å²) < 4.78 is 27.5. The maximum atomic E-state index is 12.5. The van der Waals surface area contributed by atoms with Crippen LogP contribution < -0.4 is 21.9 Å². The zero-order valence-electron chi connectivity index (χ0n) is 14.3. The number of amides is 2. The highest BCUT2D eigenvalue weighted by molar-refractivity contribution is 7.90. The molecule has 0 aliphatic rings. The van der Waals surface area contributed by atoms with Crippen LogP contribution in [0, 0.1) is 0 Å². The van der Waals surface area contributed by atoms with Crippen molar-refractivity contribution < 1.29 is 18.0 Å². The van der Waals surface area contributed by atoms with Gasteiger partial charge in [0.2, 0.25) is 5.91 Å². The van der Waals surface area contributed by atoms with Crippen LogP contribution >= 0.6 is 11.3 Å². The number of nitrogens with zero attached hydrogens (tertiary/aromatic N) is 2. The molecule has 0 spiro atoms. The molecule has 0 bridgehead atoms. The lowest BCUT2D eigenvalue weighted by molar-refractivity contribution is -0.125. The molecule has 2 heterocycles. The number of rotatable bonds is 6. The van der Waals surface area contributed by atoms with E-state index < -0.39 is 34.3 Å². The van der Waals surface area contributed by atoms with E-state index in [4.69, 9.17) is 17.2 Å². The Morgan fingerprint density at radius 3 is 2.64 bits per heavy atom. The van der Waals surface area contributed by atoms with E-state index in [0.29, 0.717) is 21.6 Å². The molecule has 0 unspecified atom stereocenters. The minimum absolute atomic E-state index is 0.138. The summed E-state index contributed by atoms with van der Waals surface area (Å²) in [5.41, 5.74) is 17.5. The first-order valence-electron chi connectivity index (χ1n) is 7.88. The molecule has 1 aromatic carbocycles. The minimum Gasteiger partial charge on any atom is -0.382 e. The zero-order valence-corrected chi connectivity index (χ0v) is 16.0. The smallest absolute Gasteiger partial charge is 0.264 e. The molecule has 1 atom stereocenters. The summed E-state index contributed by atoms with van der Waals surface area (Å²) in [4.78, 5) is 31.4. The van der Waals surface area contributed by atoms with Crippen molar-refractivity contribution >= 4 is 49.2 Å². The van der Waals surface area contributed by atoms with E-state index in [1.807, 2.05) is 4.72 Å². The Labute approximate surface area is 163 Å². The van der Waals surface area contributed by atoms with E-state index in [1.165, 1.54) is 35.9 Å². The molecule has 146 valence electrons. The van der Waals surface area contributed by atoms with E-state index in [2.05, 4.69) is 9.97 Å². The quantitative estimate of drug-likeness (QED) is 0.427. The van der Waals surface area contributed by atoms with Crippen LogP contribution in [-0.4, -0.2) is 36.2 Å². The summed E-state index contributed by atoms with van der Waals surface area (Å²) in [6.07, 6.45) is 0.880. The van der Waals surface area contributed by atoms with Gasteiger partial charge in [-0.25, -0.2) is 23.1 Å². The molecule has 3 rings (SSSR count). The molecule has 7 N–H and O–H groups in total. The third-order valence-electron chi connectivity index (χ3n) is 3.76. The second-order valence-electron chi connectivity index (χ2n) is 5.86. The molecular formula is C16H16N6O4S2. The summed E-state index contributed by atoms with van der Waals surface area (Å²) in [7, 11) is -4.19. The highest BCUT2D eigenvalue weighted by Gasteiger charge is 2.23. The predicted octanol–water partition coefficient (Wildman–Crippen LogP) is -0.0519. The fraction of sp³-hybridized carbons (Fsp3) is 0.125. The van der Waals surface area contributed by atoms with Crippen LogP contribution in [0.1, 0.15) is 6.42 Å². The van der Waals surface area contributed by atoms with Crippen molar-refractivity contribution in [2.75, 3.05) is 5.73 Å². The summed E-state index contributed by atoms with van der Waals surface area (Å²) in [5, 5.41) is 0. The molecule has 2 amide bonds. The first kappa shape index (κ1) is 19.7. The maximum Gasteiger partial charge on any atom is 0.264 e. The number of hydrogen-bond acceptors (Lipinski definition) is 9. The number of carbonyl (C=O) groups excluding carboxylic acids is 2. The second kappa shape index (κ2) is 7.50. The Morgan fingerprint density at radius 1 is 1.21 bits per heavy atom. The zero-order chi connectivity index (χ0) is 20.5. The Morgan fingerprint density at radius 2 is 1.96 bits per heavy atom. The largest absolute Gasteiger partial charge is 0.382 e. The van der Waals surface area contributed by atoms with Gasteiger partial charge in [-0.15, -0.1) is 11.3 Å². The van der Waals surface area contributed by atoms with E-state index in [1.54, 1.807) is 12.1 Å². The SMILES string of the molecule is NC(=O)C[C@H](N)C(=O)NS(=O)(=O)c1cccc(-c2cc3ncnc(N)c3s2)c1. The van der Waals surface area contributed by atoms with Gasteiger partial charge in [0, 0.05) is 4.88 Å². The van der Waals surface area contributed by atoms with Gasteiger partial charge in [-0.3, -0.25) is 9.59 Å². The number of primary amides is 1. The van der Waals surface area contributed by atoms with Gasteiger partial charge in [0.1, 0.15) is 12.1 Å². The Hall–Kier alpha value is -3.09. The molecule has 0 saturated heterocycles. The van der Waals surface area contributed by atoms with Gasteiger partial charge in [-0.05, 0) is 23.8 Å². The highest BCUT2D eigenvalue weighted by Crippen LogP contribution is 2.35. The minimum atomic E-state index is -4.19. The topological polar surface area (TPSA) is 184 Å². The van der Waals surface area contributed by atoms with Crippen molar-refractivity contribution in [2.24, 2.45) is 11.5 Å². The van der Waals surface area contributed by atoms with E-state index in [9.17, 15) is 18.0 Å². The molecule has 12 heteroatoms. The Bertz CT molecular complexity index is 1170. The monoisotopic (exact) mass is 420 g/mol. The average Bonchev–Trinajstić information content (AvgIpc) is 3.07. The number of benzene rings is 1. The molecule has 2 aromatic heterocycles. The van der Waals surface area contributed by atoms with Gasteiger partial charge >= 0.3 is 0 Å². The van der Waals surface area contributed by atoms with Gasteiger partial charge in [0.05, 0.1) is 27.6 Å². The number of aromatic nitrogens is 2. The highest BCUT2D eigenvalue weighted by atomic mass is 32.2. The number of nitrogens with one attached hydrogen (secondary N) is 1. The standard InChI is InChI=1S/C16H16N6O4S2/c17-10(5-13(18)23)16(24)22-28(25,26)9-3-1-2-8(4-9)12-6-11-14(27-12)15(19)21-7-20-11/h1-4,6-7,10H,5,17H2,(H2,18,23)(H,22,24)(H2,19,20,21)/t10-/m0/s1. The van der Waals surface area contributed by atoms with Crippen LogP contribution in [0.15, 0.2) is 41.6 Å². The van der Waals surface area contributed by atoms with Crippen LogP contribution in [0.5, 0.6) is 0 Å². The Balaban J connectivity index is 1.90. The number of hydrogen-bond donors (Lipinski definition) is 4. The lowest BCUT2D eigenvalue weighted by Crippen LogP contribution is -2.45. The van der Waals surface area contributed by atoms with Crippen LogP contribution in [0.3, 0.4) is 0 Å². The number of anilines is 1. The van der Waals surface area contributed by atoms with Crippen molar-refractivity contribution in [3.8, 4) is 10.4 Å². The normalized spacial score (nSPS) is 12.6. The molecule has 0 saturated carbocycles.